The van der Waals surface area contributed by atoms with Crippen LogP contribution in [0.5, 0.6) is 5.75 Å². The monoisotopic (exact) mass is 469 g/mol. The van der Waals surface area contributed by atoms with Crippen LogP contribution in [0, 0.1) is 0 Å². The van der Waals surface area contributed by atoms with Crippen molar-refractivity contribution in [1.29, 1.82) is 0 Å². The molecule has 3 aromatic heterocycles. The molecular weight excluding hydrogens is 440 g/mol. The van der Waals surface area contributed by atoms with Gasteiger partial charge in [0.25, 0.3) is 5.91 Å². The molecule has 0 bridgehead atoms. The molecule has 0 aliphatic carbocycles. The number of anilines is 3. The second-order valence-electron chi connectivity index (χ2n) is 7.75. The number of aryl methyl sites for hydroxylation is 1. The maximum Gasteiger partial charge on any atom is 0.326 e. The van der Waals surface area contributed by atoms with E-state index in [2.05, 4.69) is 30.6 Å². The van der Waals surface area contributed by atoms with Crippen molar-refractivity contribution in [2.45, 2.75) is 19.9 Å². The minimum absolute atomic E-state index is 0.0104. The lowest BCUT2D eigenvalue weighted by molar-refractivity contribution is 0.0958. The molecule has 1 aliphatic heterocycles. The molecule has 1 aliphatic rings. The molecule has 0 radical (unpaired) electrons. The van der Waals surface area contributed by atoms with E-state index < -0.39 is 12.9 Å². The van der Waals surface area contributed by atoms with Crippen LogP contribution in [0.15, 0.2) is 24.7 Å². The first-order valence-corrected chi connectivity index (χ1v) is 10.4. The molecule has 13 nitrogen and oxygen atoms in total. The molecular formula is C21H26N10O3. The van der Waals surface area contributed by atoms with Crippen LogP contribution in [-0.2, 0) is 7.05 Å². The van der Waals surface area contributed by atoms with Gasteiger partial charge in [0.1, 0.15) is 6.33 Å². The lowest BCUT2D eigenvalue weighted by Crippen LogP contribution is -2.36. The molecule has 0 atom stereocenters. The maximum absolute atomic E-state index is 12.9. The number of amides is 3. The van der Waals surface area contributed by atoms with E-state index in [1.165, 1.54) is 35.3 Å². The van der Waals surface area contributed by atoms with E-state index in [-0.39, 0.29) is 40.8 Å². The van der Waals surface area contributed by atoms with Gasteiger partial charge in [-0.25, -0.2) is 14.8 Å². The predicted octanol–water partition coefficient (Wildman–Crippen LogP) is 1.43. The van der Waals surface area contributed by atoms with E-state index in [1.807, 2.05) is 19.2 Å². The first-order chi connectivity index (χ1) is 17.5. The van der Waals surface area contributed by atoms with Crippen molar-refractivity contribution in [3.8, 4) is 17.1 Å². The number of urea groups is 1. The van der Waals surface area contributed by atoms with E-state index in [9.17, 15) is 9.59 Å². The van der Waals surface area contributed by atoms with Crippen molar-refractivity contribution in [3.63, 3.8) is 0 Å². The lowest BCUT2D eigenvalue weighted by Gasteiger charge is -2.21. The van der Waals surface area contributed by atoms with Crippen LogP contribution < -0.4 is 20.3 Å². The fraction of sp³-hybridized carbons (Fsp3) is 0.381. The number of carbonyl (C=O) groups is 2. The van der Waals surface area contributed by atoms with Crippen LogP contribution in [0.1, 0.15) is 28.4 Å². The molecule has 0 spiro atoms. The maximum atomic E-state index is 12.9. The predicted molar refractivity (Wildman–Crippen MR) is 124 cm³/mol. The van der Waals surface area contributed by atoms with E-state index in [0.717, 1.165) is 0 Å². The number of hydrogen-bond donors (Lipinski definition) is 2. The summed E-state index contributed by atoms with van der Waals surface area (Å²) in [7, 11) is 3.17. The number of hydrogen-bond acceptors (Lipinski definition) is 9. The van der Waals surface area contributed by atoms with Crippen molar-refractivity contribution in [2.24, 2.45) is 7.05 Å². The molecule has 1 saturated heterocycles. The average Bonchev–Trinajstić information content (AvgIpc) is 3.43. The summed E-state index contributed by atoms with van der Waals surface area (Å²) in [6.07, 6.45) is 3.03. The quantitative estimate of drug-likeness (QED) is 0.525. The number of nitrogens with one attached hydrogen (secondary N) is 2. The molecule has 0 saturated carbocycles. The number of rotatable bonds is 7. The Morgan fingerprint density at radius 3 is 2.74 bits per heavy atom. The minimum Gasteiger partial charge on any atom is -0.492 e. The number of aromatic nitrogens is 6. The molecule has 4 heterocycles. The summed E-state index contributed by atoms with van der Waals surface area (Å²) < 4.78 is 29.3. The van der Waals surface area contributed by atoms with Crippen LogP contribution in [-0.4, -0.2) is 80.0 Å². The third-order valence-electron chi connectivity index (χ3n) is 5.25. The van der Waals surface area contributed by atoms with Crippen LogP contribution in [0.25, 0.3) is 11.4 Å². The highest BCUT2D eigenvalue weighted by Gasteiger charge is 2.33. The topological polar surface area (TPSA) is 143 Å². The highest BCUT2D eigenvalue weighted by molar-refractivity contribution is 6.00. The number of carbonyl (C=O) groups excluding carboxylic acids is 2. The van der Waals surface area contributed by atoms with Crippen LogP contribution in [0.2, 0.25) is 0 Å². The zero-order valence-electron chi connectivity index (χ0n) is 22.1. The zero-order chi connectivity index (χ0) is 26.9. The first-order valence-electron chi connectivity index (χ1n) is 11.9. The first kappa shape index (κ1) is 19.2. The van der Waals surface area contributed by atoms with Gasteiger partial charge in [0.15, 0.2) is 28.9 Å². The van der Waals surface area contributed by atoms with Crippen molar-refractivity contribution in [2.75, 3.05) is 37.4 Å². The van der Waals surface area contributed by atoms with E-state index in [0.29, 0.717) is 24.5 Å². The molecule has 1 fully saturated rings. The highest BCUT2D eigenvalue weighted by Crippen LogP contribution is 2.35. The summed E-state index contributed by atoms with van der Waals surface area (Å²) in [4.78, 5) is 37.3. The summed E-state index contributed by atoms with van der Waals surface area (Å²) in [5.41, 5.74) is 0.288. The van der Waals surface area contributed by atoms with Gasteiger partial charge in [0, 0.05) is 49.5 Å². The van der Waals surface area contributed by atoms with Crippen molar-refractivity contribution >= 4 is 29.3 Å². The fourth-order valence-corrected chi connectivity index (χ4v) is 3.59. The molecule has 2 N–H and O–H groups in total. The lowest BCUT2D eigenvalue weighted by atomic mass is 10.2. The Morgan fingerprint density at radius 2 is 2.09 bits per heavy atom. The summed E-state index contributed by atoms with van der Waals surface area (Å²) >= 11 is 0. The third kappa shape index (κ3) is 4.19. The van der Waals surface area contributed by atoms with Gasteiger partial charge in [-0.3, -0.25) is 14.4 Å². The smallest absolute Gasteiger partial charge is 0.326 e. The average molecular weight is 470 g/mol. The van der Waals surface area contributed by atoms with Gasteiger partial charge in [0.05, 0.1) is 18.4 Å². The van der Waals surface area contributed by atoms with Crippen LogP contribution >= 0.6 is 0 Å². The Morgan fingerprint density at radius 1 is 1.26 bits per heavy atom. The van der Waals surface area contributed by atoms with Gasteiger partial charge in [-0.15, -0.1) is 10.2 Å². The zero-order valence-corrected chi connectivity index (χ0v) is 19.1. The molecule has 178 valence electrons. The molecule has 34 heavy (non-hydrogen) atoms. The Balaban J connectivity index is 1.77. The largest absolute Gasteiger partial charge is 0.492 e. The van der Waals surface area contributed by atoms with Crippen LogP contribution in [0.3, 0.4) is 0 Å². The Hall–Kier alpha value is -4.29. The number of pyridine rings is 1. The normalized spacial score (nSPS) is 15.2. The number of nitrogens with zero attached hydrogens (tertiary/aromatic N) is 8. The summed E-state index contributed by atoms with van der Waals surface area (Å²) in [6.45, 7) is 1.93. The SMILES string of the molecule is [2H]C([2H])([2H])NC(=O)c1nnc(N2CCN(C(C)C)C2=O)cc1Nc1nccc(-c2ncn(C)n2)c1OC. The van der Waals surface area contributed by atoms with Crippen molar-refractivity contribution in [1.82, 2.24) is 40.2 Å². The van der Waals surface area contributed by atoms with Gasteiger partial charge in [0.2, 0.25) is 0 Å². The van der Waals surface area contributed by atoms with Gasteiger partial charge in [-0.1, -0.05) is 0 Å². The number of ether oxygens (including phenoxy) is 1. The second kappa shape index (κ2) is 9.29. The minimum atomic E-state index is -2.75. The van der Waals surface area contributed by atoms with Gasteiger partial charge >= 0.3 is 6.03 Å². The van der Waals surface area contributed by atoms with Crippen molar-refractivity contribution in [3.05, 3.63) is 30.4 Å². The summed E-state index contributed by atoms with van der Waals surface area (Å²) in [5.74, 6) is 0.0423. The van der Waals surface area contributed by atoms with Gasteiger partial charge in [-0.05, 0) is 19.9 Å². The van der Waals surface area contributed by atoms with Gasteiger partial charge < -0.3 is 20.3 Å². The van der Waals surface area contributed by atoms with E-state index in [4.69, 9.17) is 8.85 Å². The third-order valence-corrected chi connectivity index (χ3v) is 5.25. The Bertz CT molecular complexity index is 1330. The Kier molecular flexibility index (Phi) is 5.25. The standard InChI is InChI=1S/C21H26N10O3/c1-12(2)30-8-9-31(21(30)33)15-10-14(16(27-26-15)20(32)22-3)25-19-17(34-5)13(6-7-23-19)18-24-11-29(4)28-18/h6-7,10-12H,8-9H2,1-5H3,(H,22,32)(H,23,25,26)/i3D3. The molecule has 4 rings (SSSR count). The molecule has 0 unspecified atom stereocenters. The molecule has 3 amide bonds. The molecule has 3 aromatic rings. The second-order valence-corrected chi connectivity index (χ2v) is 7.75. The van der Waals surface area contributed by atoms with E-state index >= 15 is 0 Å². The molecule has 13 heteroatoms. The highest BCUT2D eigenvalue weighted by atomic mass is 16.5. The van der Waals surface area contributed by atoms with Crippen LogP contribution in [0.4, 0.5) is 22.1 Å². The summed E-state index contributed by atoms with van der Waals surface area (Å²) in [6, 6.07) is 2.84. The number of methoxy groups -OCH3 is 1. The summed E-state index contributed by atoms with van der Waals surface area (Å²) in [5, 5.41) is 17.2. The van der Waals surface area contributed by atoms with Crippen molar-refractivity contribution < 1.29 is 18.4 Å². The Labute approximate surface area is 200 Å². The molecule has 0 aromatic carbocycles. The van der Waals surface area contributed by atoms with Gasteiger partial charge in [-0.2, -0.15) is 5.10 Å². The fourth-order valence-electron chi connectivity index (χ4n) is 3.59. The van der Waals surface area contributed by atoms with E-state index in [1.54, 1.807) is 18.0 Å².